The highest BCUT2D eigenvalue weighted by Crippen LogP contribution is 2.28. The number of ether oxygens (including phenoxy) is 2. The van der Waals surface area contributed by atoms with Gasteiger partial charge < -0.3 is 14.8 Å². The van der Waals surface area contributed by atoms with E-state index in [-0.39, 0.29) is 6.10 Å². The Hall–Kier alpha value is -2.27. The number of hydrogen-bond acceptors (Lipinski definition) is 5. The van der Waals surface area contributed by atoms with E-state index in [1.807, 2.05) is 49.5 Å². The summed E-state index contributed by atoms with van der Waals surface area (Å²) in [5, 5.41) is 5.49. The van der Waals surface area contributed by atoms with Crippen LogP contribution in [-0.4, -0.2) is 24.7 Å². The zero-order valence-corrected chi connectivity index (χ0v) is 13.4. The molecule has 1 N–H and O–H groups in total. The molecular weight excluding hydrogens is 296 g/mol. The fraction of sp³-hybridized carbons (Fsp3) is 0.235. The number of nitrogens with zero attached hydrogens (tertiary/aromatic N) is 1. The predicted molar refractivity (Wildman–Crippen MR) is 91.2 cm³/mol. The molecule has 0 saturated carbocycles. The van der Waals surface area contributed by atoms with Crippen molar-refractivity contribution in [2.45, 2.75) is 13.0 Å². The number of hydrogen-bond donors (Lipinski definition) is 1. The van der Waals surface area contributed by atoms with E-state index in [2.05, 4.69) is 15.7 Å². The fourth-order valence-corrected chi connectivity index (χ4v) is 3.08. The lowest BCUT2D eigenvalue weighted by molar-refractivity contribution is 0.223. The number of methoxy groups -OCH3 is 1. The maximum atomic E-state index is 5.95. The molecule has 1 atom stereocenters. The molecule has 2 heterocycles. The topological polar surface area (TPSA) is 43.4 Å². The molecular formula is C17H18N2O2S. The first-order chi connectivity index (χ1) is 10.8. The van der Waals surface area contributed by atoms with Crippen LogP contribution in [0.25, 0.3) is 10.2 Å². The minimum absolute atomic E-state index is 0.0134. The smallest absolute Gasteiger partial charge is 0.161 e. The quantitative estimate of drug-likeness (QED) is 0.741. The first kappa shape index (κ1) is 14.7. The van der Waals surface area contributed by atoms with Crippen LogP contribution in [0.5, 0.6) is 11.5 Å². The Morgan fingerprint density at radius 3 is 2.82 bits per heavy atom. The van der Waals surface area contributed by atoms with Crippen molar-refractivity contribution in [1.82, 2.24) is 4.98 Å². The Morgan fingerprint density at radius 1 is 1.18 bits per heavy atom. The van der Waals surface area contributed by atoms with Crippen LogP contribution in [0.1, 0.15) is 6.92 Å². The van der Waals surface area contributed by atoms with Crippen molar-refractivity contribution in [3.05, 3.63) is 48.0 Å². The Morgan fingerprint density at radius 2 is 2.00 bits per heavy atom. The number of aromatic nitrogens is 1. The molecule has 3 rings (SSSR count). The maximum absolute atomic E-state index is 5.95. The van der Waals surface area contributed by atoms with Crippen LogP contribution in [-0.2, 0) is 0 Å². The molecule has 0 spiro atoms. The molecule has 1 unspecified atom stereocenters. The lowest BCUT2D eigenvalue weighted by Crippen LogP contribution is -2.22. The Kier molecular flexibility index (Phi) is 4.44. The van der Waals surface area contributed by atoms with Crippen molar-refractivity contribution in [3.8, 4) is 11.5 Å². The van der Waals surface area contributed by atoms with Gasteiger partial charge in [-0.1, -0.05) is 12.1 Å². The van der Waals surface area contributed by atoms with Crippen LogP contribution in [0.4, 0.5) is 5.69 Å². The van der Waals surface area contributed by atoms with Crippen LogP contribution in [0.15, 0.2) is 48.0 Å². The number of anilines is 1. The van der Waals surface area contributed by atoms with Gasteiger partial charge in [0.1, 0.15) is 6.10 Å². The van der Waals surface area contributed by atoms with Crippen molar-refractivity contribution in [3.63, 3.8) is 0 Å². The second kappa shape index (κ2) is 6.66. The molecule has 4 nitrogen and oxygen atoms in total. The van der Waals surface area contributed by atoms with E-state index in [9.17, 15) is 0 Å². The third-order valence-corrected chi connectivity index (χ3v) is 4.26. The molecule has 0 radical (unpaired) electrons. The van der Waals surface area contributed by atoms with Crippen LogP contribution >= 0.6 is 11.3 Å². The Bertz CT molecular complexity index is 757. The molecule has 114 valence electrons. The highest BCUT2D eigenvalue weighted by atomic mass is 32.1. The molecule has 0 saturated heterocycles. The number of fused-ring (bicyclic) bond motifs is 1. The van der Waals surface area contributed by atoms with E-state index in [4.69, 9.17) is 9.47 Å². The van der Waals surface area contributed by atoms with E-state index in [1.54, 1.807) is 18.4 Å². The third-order valence-electron chi connectivity index (χ3n) is 3.32. The predicted octanol–water partition coefficient (Wildman–Crippen LogP) is 4.18. The SMILES string of the molecule is COc1ccccc1OC(C)CNc1ccnc2ccsc12. The monoisotopic (exact) mass is 314 g/mol. The summed E-state index contributed by atoms with van der Waals surface area (Å²) in [5.74, 6) is 1.51. The molecule has 0 amide bonds. The van der Waals surface area contributed by atoms with Gasteiger partial charge in [0.2, 0.25) is 0 Å². The Labute approximate surface area is 133 Å². The molecule has 1 aromatic carbocycles. The molecule has 5 heteroatoms. The van der Waals surface area contributed by atoms with Gasteiger partial charge in [-0.05, 0) is 36.6 Å². The summed E-state index contributed by atoms with van der Waals surface area (Å²) < 4.78 is 12.4. The van der Waals surface area contributed by atoms with Crippen molar-refractivity contribution in [1.29, 1.82) is 0 Å². The first-order valence-corrected chi connectivity index (χ1v) is 8.01. The van der Waals surface area contributed by atoms with Gasteiger partial charge in [0.25, 0.3) is 0 Å². The molecule has 0 aliphatic heterocycles. The lowest BCUT2D eigenvalue weighted by Gasteiger charge is -2.18. The molecule has 3 aromatic rings. The van der Waals surface area contributed by atoms with Gasteiger partial charge in [0.05, 0.1) is 29.6 Å². The molecule has 0 aliphatic carbocycles. The maximum Gasteiger partial charge on any atom is 0.161 e. The summed E-state index contributed by atoms with van der Waals surface area (Å²) in [6.07, 6.45) is 1.84. The van der Waals surface area contributed by atoms with Crippen molar-refractivity contribution in [2.75, 3.05) is 19.0 Å². The first-order valence-electron chi connectivity index (χ1n) is 7.13. The molecule has 0 bridgehead atoms. The van der Waals surface area contributed by atoms with Crippen LogP contribution in [0.3, 0.4) is 0 Å². The van der Waals surface area contributed by atoms with E-state index in [1.165, 1.54) is 4.70 Å². The van der Waals surface area contributed by atoms with Gasteiger partial charge in [-0.3, -0.25) is 4.98 Å². The molecule has 22 heavy (non-hydrogen) atoms. The van der Waals surface area contributed by atoms with Gasteiger partial charge >= 0.3 is 0 Å². The highest BCUT2D eigenvalue weighted by Gasteiger charge is 2.09. The second-order valence-electron chi connectivity index (χ2n) is 4.95. The number of rotatable bonds is 6. The van der Waals surface area contributed by atoms with Gasteiger partial charge in [-0.25, -0.2) is 0 Å². The fourth-order valence-electron chi connectivity index (χ4n) is 2.24. The summed E-state index contributed by atoms with van der Waals surface area (Å²) in [4.78, 5) is 4.34. The van der Waals surface area contributed by atoms with Gasteiger partial charge in [0, 0.05) is 6.20 Å². The number of benzene rings is 1. The number of pyridine rings is 1. The van der Waals surface area contributed by atoms with E-state index in [0.717, 1.165) is 22.7 Å². The third kappa shape index (κ3) is 3.14. The summed E-state index contributed by atoms with van der Waals surface area (Å²) in [5.41, 5.74) is 2.11. The zero-order valence-electron chi connectivity index (χ0n) is 12.6. The summed E-state index contributed by atoms with van der Waals surface area (Å²) in [6, 6.07) is 11.7. The normalized spacial score (nSPS) is 12.1. The second-order valence-corrected chi connectivity index (χ2v) is 5.87. The average Bonchev–Trinajstić information content (AvgIpc) is 3.02. The highest BCUT2D eigenvalue weighted by molar-refractivity contribution is 7.17. The number of para-hydroxylation sites is 2. The minimum atomic E-state index is 0.0134. The summed E-state index contributed by atoms with van der Waals surface area (Å²) >= 11 is 1.69. The van der Waals surface area contributed by atoms with E-state index < -0.39 is 0 Å². The minimum Gasteiger partial charge on any atom is -0.493 e. The van der Waals surface area contributed by atoms with Crippen LogP contribution < -0.4 is 14.8 Å². The summed E-state index contributed by atoms with van der Waals surface area (Å²) in [7, 11) is 1.65. The standard InChI is InChI=1S/C17H18N2O2S/c1-12(21-16-6-4-3-5-15(16)20-2)11-19-13-7-9-18-14-8-10-22-17(13)14/h3-10,12H,11H2,1-2H3,(H,18,19). The summed E-state index contributed by atoms with van der Waals surface area (Å²) in [6.45, 7) is 2.74. The van der Waals surface area contributed by atoms with Crippen molar-refractivity contribution >= 4 is 27.2 Å². The zero-order chi connectivity index (χ0) is 15.4. The average molecular weight is 314 g/mol. The van der Waals surface area contributed by atoms with Crippen LogP contribution in [0.2, 0.25) is 0 Å². The largest absolute Gasteiger partial charge is 0.493 e. The van der Waals surface area contributed by atoms with Gasteiger partial charge in [-0.2, -0.15) is 0 Å². The lowest BCUT2D eigenvalue weighted by atomic mass is 10.3. The molecule has 0 fully saturated rings. The van der Waals surface area contributed by atoms with Gasteiger partial charge in [0.15, 0.2) is 11.5 Å². The van der Waals surface area contributed by atoms with Gasteiger partial charge in [-0.15, -0.1) is 11.3 Å². The number of nitrogens with one attached hydrogen (secondary N) is 1. The Balaban J connectivity index is 1.65. The molecule has 0 aliphatic rings. The van der Waals surface area contributed by atoms with Crippen molar-refractivity contribution in [2.24, 2.45) is 0 Å². The van der Waals surface area contributed by atoms with E-state index in [0.29, 0.717) is 6.54 Å². The van der Waals surface area contributed by atoms with Crippen molar-refractivity contribution < 1.29 is 9.47 Å². The molecule has 2 aromatic heterocycles. The van der Waals surface area contributed by atoms with Crippen LogP contribution in [0, 0.1) is 0 Å². The number of thiophene rings is 1. The van der Waals surface area contributed by atoms with E-state index >= 15 is 0 Å².